The maximum absolute atomic E-state index is 12.1. The molecule has 8 heterocycles. The zero-order valence-electron chi connectivity index (χ0n) is 32.0. The Balaban J connectivity index is 1.27. The number of hydrogen-bond acceptors (Lipinski definition) is 9. The van der Waals surface area contributed by atoms with Crippen LogP contribution in [0, 0.1) is 6.92 Å². The van der Waals surface area contributed by atoms with Crippen LogP contribution in [0.3, 0.4) is 0 Å². The first-order chi connectivity index (χ1) is 29.6. The lowest BCUT2D eigenvalue weighted by Gasteiger charge is -2.41. The molecule has 6 aliphatic heterocycles. The zero-order chi connectivity index (χ0) is 42.8. The van der Waals surface area contributed by atoms with Crippen molar-refractivity contribution in [2.24, 2.45) is 0 Å². The molecular formula is C46H27N4O9S3-. The number of aryl methyl sites for hydroxylation is 1. The molecule has 0 fully saturated rings. The molecule has 4 aromatic carbocycles. The first-order valence-corrected chi connectivity index (χ1v) is 23.4. The molecule has 16 heteroatoms. The minimum atomic E-state index is -4.75. The SMILES string of the molecule is Cc1ccc(C2=c3ccc4n3C35n6c(ccc6C(c6ccc(S(=O)(=O)[O-])cc6)=C6C=CC(=[N+]63)C=4c3ccc(S(=O)(=O)[O-])cc3)C(c3ccc(S(=O)(=O)[O-])cc3)=C3C=CC2=[N+]35)cc1. The molecule has 0 saturated carbocycles. The molecule has 2 aromatic heterocycles. The van der Waals surface area contributed by atoms with E-state index in [1.165, 1.54) is 36.4 Å². The van der Waals surface area contributed by atoms with Gasteiger partial charge in [-0.3, -0.25) is 0 Å². The van der Waals surface area contributed by atoms with E-state index in [9.17, 15) is 38.9 Å². The molecule has 0 amide bonds. The van der Waals surface area contributed by atoms with Crippen LogP contribution < -0.4 is 10.7 Å². The molecule has 0 aliphatic carbocycles. The first kappa shape index (κ1) is 37.0. The molecule has 0 saturated heterocycles. The molecule has 1 atom stereocenters. The van der Waals surface area contributed by atoms with Gasteiger partial charge in [0.25, 0.3) is 0 Å². The summed E-state index contributed by atoms with van der Waals surface area (Å²) >= 11 is 0. The first-order valence-electron chi connectivity index (χ1n) is 19.2. The Labute approximate surface area is 354 Å². The summed E-state index contributed by atoms with van der Waals surface area (Å²) < 4.78 is 118. The molecule has 62 heavy (non-hydrogen) atoms. The number of benzene rings is 4. The number of hydrogen-bond donors (Lipinski definition) is 0. The summed E-state index contributed by atoms with van der Waals surface area (Å²) in [7, 11) is -14.2. The molecular weight excluding hydrogens is 849 g/mol. The van der Waals surface area contributed by atoms with Crippen molar-refractivity contribution in [3.8, 4) is 0 Å². The molecule has 0 N–H and O–H groups in total. The van der Waals surface area contributed by atoms with Gasteiger partial charge < -0.3 is 13.7 Å². The van der Waals surface area contributed by atoms with Crippen LogP contribution in [0.4, 0.5) is 0 Å². The Morgan fingerprint density at radius 1 is 0.419 bits per heavy atom. The molecule has 1 spiro atoms. The lowest BCUT2D eigenvalue weighted by atomic mass is 9.93. The second-order valence-corrected chi connectivity index (χ2v) is 19.8. The predicted octanol–water partition coefficient (Wildman–Crippen LogP) is 3.44. The quantitative estimate of drug-likeness (QED) is 0.171. The van der Waals surface area contributed by atoms with Gasteiger partial charge in [-0.1, -0.05) is 75.4 Å². The maximum atomic E-state index is 12.1. The average Bonchev–Trinajstić information content (AvgIpc) is 4.06. The van der Waals surface area contributed by atoms with Gasteiger partial charge in [-0.15, -0.1) is 0 Å². The summed E-state index contributed by atoms with van der Waals surface area (Å²) in [5, 5.41) is 1.66. The minimum Gasteiger partial charge on any atom is -0.744 e. The average molecular weight is 876 g/mol. The van der Waals surface area contributed by atoms with Gasteiger partial charge in [0.2, 0.25) is 22.8 Å². The van der Waals surface area contributed by atoms with E-state index >= 15 is 0 Å². The summed E-state index contributed by atoms with van der Waals surface area (Å²) in [4.78, 5) is -1.11. The lowest BCUT2D eigenvalue weighted by molar-refractivity contribution is -0.834. The van der Waals surface area contributed by atoms with Gasteiger partial charge in [-0.25, -0.2) is 25.3 Å². The van der Waals surface area contributed by atoms with Gasteiger partial charge in [-0.05, 0) is 89.8 Å². The van der Waals surface area contributed by atoms with Crippen molar-refractivity contribution in [3.05, 3.63) is 207 Å². The van der Waals surface area contributed by atoms with Crippen LogP contribution in [-0.4, -0.2) is 68.6 Å². The van der Waals surface area contributed by atoms with Crippen LogP contribution in [0.25, 0.3) is 22.3 Å². The Morgan fingerprint density at radius 3 is 1.11 bits per heavy atom. The van der Waals surface area contributed by atoms with Crippen LogP contribution in [0.5, 0.6) is 0 Å². The van der Waals surface area contributed by atoms with Crippen molar-refractivity contribution in [2.45, 2.75) is 27.5 Å². The number of rotatable bonds is 7. The van der Waals surface area contributed by atoms with Gasteiger partial charge in [0, 0.05) is 24.3 Å². The zero-order valence-corrected chi connectivity index (χ0v) is 34.5. The van der Waals surface area contributed by atoms with Crippen LogP contribution in [0.2, 0.25) is 0 Å². The topological polar surface area (TPSA) is 187 Å². The van der Waals surface area contributed by atoms with Crippen molar-refractivity contribution in [2.75, 3.05) is 0 Å². The van der Waals surface area contributed by atoms with Crippen LogP contribution in [-0.2, 0) is 36.3 Å². The number of allylic oxidation sites excluding steroid dienone is 4. The Morgan fingerprint density at radius 2 is 0.758 bits per heavy atom. The van der Waals surface area contributed by atoms with Gasteiger partial charge >= 0.3 is 5.91 Å². The summed E-state index contributed by atoms with van der Waals surface area (Å²) in [6, 6.07) is 33.8. The highest BCUT2D eigenvalue weighted by atomic mass is 32.2. The van der Waals surface area contributed by atoms with Crippen molar-refractivity contribution < 1.29 is 48.1 Å². The Kier molecular flexibility index (Phi) is 7.15. The van der Waals surface area contributed by atoms with Crippen molar-refractivity contribution in [1.29, 1.82) is 0 Å². The molecule has 13 nitrogen and oxygen atoms in total. The van der Waals surface area contributed by atoms with Crippen LogP contribution >= 0.6 is 0 Å². The number of nitrogens with zero attached hydrogens (tertiary/aromatic N) is 4. The van der Waals surface area contributed by atoms with E-state index in [1.807, 2.05) is 43.4 Å². The van der Waals surface area contributed by atoms with E-state index in [-0.39, 0.29) is 14.7 Å². The third-order valence-corrected chi connectivity index (χ3v) is 15.0. The van der Waals surface area contributed by atoms with Gasteiger partial charge in [-0.2, -0.15) is 9.13 Å². The van der Waals surface area contributed by atoms with E-state index in [2.05, 4.69) is 54.7 Å². The normalized spacial score (nSPS) is 19.3. The third-order valence-electron chi connectivity index (χ3n) is 12.4. The maximum Gasteiger partial charge on any atom is 0.553 e. The van der Waals surface area contributed by atoms with Gasteiger partial charge in [0.1, 0.15) is 30.4 Å². The van der Waals surface area contributed by atoms with Crippen LogP contribution in [0.15, 0.2) is 172 Å². The Hall–Kier alpha value is -6.79. The second kappa shape index (κ2) is 12.0. The molecule has 1 unspecified atom stereocenters. The summed E-state index contributed by atoms with van der Waals surface area (Å²) in [6.45, 7) is 2.02. The van der Waals surface area contributed by atoms with Crippen molar-refractivity contribution >= 4 is 64.1 Å². The van der Waals surface area contributed by atoms with Crippen molar-refractivity contribution in [1.82, 2.24) is 9.13 Å². The van der Waals surface area contributed by atoms with E-state index in [0.29, 0.717) is 22.3 Å². The fourth-order valence-electron chi connectivity index (χ4n) is 9.99. The fourth-order valence-corrected chi connectivity index (χ4v) is 11.4. The molecule has 6 aromatic rings. The summed E-state index contributed by atoms with van der Waals surface area (Å²) in [5.41, 5.74) is 11.7. The number of aromatic nitrogens is 2. The molecule has 6 aliphatic rings. The standard InChI is InChI=1S/C46H28N4O9S3/c1-26-2-4-27(5-3-26)42-34-18-20-36-43(28-6-12-31(13-7-28)60(51,52)53)38-22-24-40-45(30-10-16-33(17-11-30)62(57,58)59)41-25-23-39-44(29-8-14-32(15-9-29)61(54,55)56)37-21-19-35(42)48(37)46(47(34)36,49(38)40)50(39)41/h2-25H,1H3,(H-2,51,52,53,54,55,56,57,58,59)/p-1. The highest BCUT2D eigenvalue weighted by Gasteiger charge is 2.72. The molecule has 12 rings (SSSR count). The predicted molar refractivity (Wildman–Crippen MR) is 222 cm³/mol. The van der Waals surface area contributed by atoms with Crippen LogP contribution in [0.1, 0.15) is 39.2 Å². The van der Waals surface area contributed by atoms with E-state index in [1.54, 1.807) is 36.4 Å². The Bertz CT molecular complexity index is 3820. The minimum absolute atomic E-state index is 0.364. The highest BCUT2D eigenvalue weighted by molar-refractivity contribution is 7.86. The van der Waals surface area contributed by atoms with E-state index < -0.39 is 36.3 Å². The largest absolute Gasteiger partial charge is 0.744 e. The van der Waals surface area contributed by atoms with E-state index in [4.69, 9.17) is 0 Å². The van der Waals surface area contributed by atoms with Gasteiger partial charge in [0.05, 0.1) is 59.1 Å². The summed E-state index contributed by atoms with van der Waals surface area (Å²) in [5.74, 6) is -1.25. The molecule has 304 valence electrons. The smallest absolute Gasteiger partial charge is 0.553 e. The summed E-state index contributed by atoms with van der Waals surface area (Å²) in [6.07, 6.45) is 8.09. The van der Waals surface area contributed by atoms with E-state index in [0.717, 1.165) is 72.7 Å². The second-order valence-electron chi connectivity index (χ2n) is 15.7. The highest BCUT2D eigenvalue weighted by Crippen LogP contribution is 2.53. The monoisotopic (exact) mass is 875 g/mol. The van der Waals surface area contributed by atoms with Crippen molar-refractivity contribution in [3.63, 3.8) is 0 Å². The lowest BCUT2D eigenvalue weighted by Crippen LogP contribution is -2.71. The molecule has 0 radical (unpaired) electrons. The van der Waals surface area contributed by atoms with Gasteiger partial charge in [0.15, 0.2) is 0 Å². The third kappa shape index (κ3) is 4.72. The molecule has 0 bridgehead atoms. The fraction of sp³-hybridized carbons (Fsp3) is 0.0435.